The van der Waals surface area contributed by atoms with Gasteiger partial charge in [-0.25, -0.2) is 0 Å². The van der Waals surface area contributed by atoms with E-state index in [0.29, 0.717) is 0 Å². The summed E-state index contributed by atoms with van der Waals surface area (Å²) >= 11 is 0. The predicted molar refractivity (Wildman–Crippen MR) is 76.7 cm³/mol. The zero-order valence-corrected chi connectivity index (χ0v) is 12.2. The van der Waals surface area contributed by atoms with Crippen molar-refractivity contribution in [3.8, 4) is 0 Å². The minimum Gasteiger partial charge on any atom is -0.312 e. The van der Waals surface area contributed by atoms with Crippen LogP contribution in [0.15, 0.2) is 0 Å². The summed E-state index contributed by atoms with van der Waals surface area (Å²) in [6, 6.07) is 1.59. The SMILES string of the molecule is CC1CC(NCC2CC2)CN(C(C)C2CCC2)C1. The highest BCUT2D eigenvalue weighted by atomic mass is 15.2. The van der Waals surface area contributed by atoms with Crippen molar-refractivity contribution in [1.29, 1.82) is 0 Å². The highest BCUT2D eigenvalue weighted by Crippen LogP contribution is 2.34. The summed E-state index contributed by atoms with van der Waals surface area (Å²) < 4.78 is 0. The van der Waals surface area contributed by atoms with Gasteiger partial charge < -0.3 is 5.32 Å². The average Bonchev–Trinajstić information content (AvgIpc) is 3.07. The quantitative estimate of drug-likeness (QED) is 0.807. The Kier molecular flexibility index (Phi) is 3.95. The number of nitrogens with zero attached hydrogens (tertiary/aromatic N) is 1. The number of piperidine rings is 1. The first-order valence-corrected chi connectivity index (χ1v) is 8.20. The van der Waals surface area contributed by atoms with Crippen molar-refractivity contribution in [2.75, 3.05) is 19.6 Å². The second kappa shape index (κ2) is 5.50. The number of hydrogen-bond donors (Lipinski definition) is 1. The van der Waals surface area contributed by atoms with Crippen LogP contribution in [0.25, 0.3) is 0 Å². The third-order valence-corrected chi connectivity index (χ3v) is 5.49. The molecule has 2 heteroatoms. The molecule has 2 saturated carbocycles. The molecule has 0 amide bonds. The van der Waals surface area contributed by atoms with E-state index in [4.69, 9.17) is 0 Å². The maximum Gasteiger partial charge on any atom is 0.0198 e. The van der Waals surface area contributed by atoms with Crippen molar-refractivity contribution < 1.29 is 0 Å². The van der Waals surface area contributed by atoms with Gasteiger partial charge in [0.1, 0.15) is 0 Å². The second-order valence-electron chi connectivity index (χ2n) is 7.27. The predicted octanol–water partition coefficient (Wildman–Crippen LogP) is 2.89. The lowest BCUT2D eigenvalue weighted by molar-refractivity contribution is 0.0556. The van der Waals surface area contributed by atoms with Crippen LogP contribution in [0.1, 0.15) is 52.4 Å². The molecule has 0 bridgehead atoms. The Morgan fingerprint density at radius 3 is 2.56 bits per heavy atom. The molecule has 0 aromatic heterocycles. The fraction of sp³-hybridized carbons (Fsp3) is 1.00. The van der Waals surface area contributed by atoms with Gasteiger partial charge in [0, 0.05) is 25.2 Å². The Morgan fingerprint density at radius 2 is 1.94 bits per heavy atom. The molecule has 0 spiro atoms. The van der Waals surface area contributed by atoms with E-state index in [2.05, 4.69) is 24.1 Å². The molecule has 0 aromatic rings. The van der Waals surface area contributed by atoms with Crippen molar-refractivity contribution in [1.82, 2.24) is 10.2 Å². The highest BCUT2D eigenvalue weighted by Gasteiger charge is 2.33. The van der Waals surface area contributed by atoms with Gasteiger partial charge in [-0.2, -0.15) is 0 Å². The summed E-state index contributed by atoms with van der Waals surface area (Å²) in [6.45, 7) is 8.82. The van der Waals surface area contributed by atoms with E-state index < -0.39 is 0 Å². The lowest BCUT2D eigenvalue weighted by atomic mass is 9.79. The zero-order valence-electron chi connectivity index (χ0n) is 12.2. The van der Waals surface area contributed by atoms with E-state index in [1.807, 2.05) is 0 Å². The molecule has 2 aliphatic carbocycles. The van der Waals surface area contributed by atoms with Crippen LogP contribution in [0.3, 0.4) is 0 Å². The van der Waals surface area contributed by atoms with Gasteiger partial charge >= 0.3 is 0 Å². The third kappa shape index (κ3) is 3.08. The van der Waals surface area contributed by atoms with Gasteiger partial charge in [0.25, 0.3) is 0 Å². The molecule has 3 fully saturated rings. The van der Waals surface area contributed by atoms with Crippen LogP contribution < -0.4 is 5.32 Å². The summed E-state index contributed by atoms with van der Waals surface area (Å²) in [6.07, 6.45) is 8.76. The van der Waals surface area contributed by atoms with Crippen LogP contribution in [0.5, 0.6) is 0 Å². The number of rotatable bonds is 5. The maximum atomic E-state index is 3.83. The summed E-state index contributed by atoms with van der Waals surface area (Å²) in [5.41, 5.74) is 0. The maximum absolute atomic E-state index is 3.83. The molecule has 1 N–H and O–H groups in total. The van der Waals surface area contributed by atoms with Crippen molar-refractivity contribution in [2.45, 2.75) is 64.5 Å². The van der Waals surface area contributed by atoms with Gasteiger partial charge in [0.05, 0.1) is 0 Å². The molecule has 3 aliphatic rings. The summed E-state index contributed by atoms with van der Waals surface area (Å²) in [5, 5.41) is 3.83. The standard InChI is InChI=1S/C16H30N2/c1-12-8-16(17-9-14-6-7-14)11-18(10-12)13(2)15-4-3-5-15/h12-17H,3-11H2,1-2H3. The molecule has 18 heavy (non-hydrogen) atoms. The van der Waals surface area contributed by atoms with E-state index in [-0.39, 0.29) is 0 Å². The summed E-state index contributed by atoms with van der Waals surface area (Å²) in [7, 11) is 0. The van der Waals surface area contributed by atoms with Crippen LogP contribution in [-0.2, 0) is 0 Å². The van der Waals surface area contributed by atoms with Crippen LogP contribution in [-0.4, -0.2) is 36.6 Å². The first-order valence-electron chi connectivity index (χ1n) is 8.20. The lowest BCUT2D eigenvalue weighted by Gasteiger charge is -2.45. The van der Waals surface area contributed by atoms with Crippen LogP contribution >= 0.6 is 0 Å². The first-order chi connectivity index (χ1) is 8.72. The first kappa shape index (κ1) is 12.9. The molecule has 104 valence electrons. The van der Waals surface area contributed by atoms with Crippen molar-refractivity contribution in [3.05, 3.63) is 0 Å². The molecule has 3 unspecified atom stereocenters. The molecular weight excluding hydrogens is 220 g/mol. The van der Waals surface area contributed by atoms with Gasteiger partial charge in [0.2, 0.25) is 0 Å². The normalized spacial score (nSPS) is 36.3. The number of hydrogen-bond acceptors (Lipinski definition) is 2. The molecular formula is C16H30N2. The Hall–Kier alpha value is -0.0800. The van der Waals surface area contributed by atoms with E-state index in [0.717, 1.165) is 29.8 Å². The van der Waals surface area contributed by atoms with Gasteiger partial charge in [-0.3, -0.25) is 4.90 Å². The van der Waals surface area contributed by atoms with Crippen molar-refractivity contribution in [2.24, 2.45) is 17.8 Å². The smallest absolute Gasteiger partial charge is 0.0198 e. The van der Waals surface area contributed by atoms with Crippen molar-refractivity contribution in [3.63, 3.8) is 0 Å². The number of likely N-dealkylation sites (tertiary alicyclic amines) is 1. The number of nitrogens with one attached hydrogen (secondary N) is 1. The fourth-order valence-electron chi connectivity index (χ4n) is 3.75. The van der Waals surface area contributed by atoms with Gasteiger partial charge in [-0.15, -0.1) is 0 Å². The summed E-state index contributed by atoms with van der Waals surface area (Å²) in [5.74, 6) is 2.89. The minimum atomic E-state index is 0.761. The van der Waals surface area contributed by atoms with Gasteiger partial charge in [0.15, 0.2) is 0 Å². The molecule has 1 heterocycles. The topological polar surface area (TPSA) is 15.3 Å². The second-order valence-corrected chi connectivity index (χ2v) is 7.27. The van der Waals surface area contributed by atoms with E-state index >= 15 is 0 Å². The molecule has 0 radical (unpaired) electrons. The van der Waals surface area contributed by atoms with E-state index in [1.54, 1.807) is 0 Å². The molecule has 2 nitrogen and oxygen atoms in total. The molecule has 3 rings (SSSR count). The van der Waals surface area contributed by atoms with Crippen LogP contribution in [0.2, 0.25) is 0 Å². The summed E-state index contributed by atoms with van der Waals surface area (Å²) in [4.78, 5) is 2.78. The van der Waals surface area contributed by atoms with Crippen LogP contribution in [0, 0.1) is 17.8 Å². The van der Waals surface area contributed by atoms with Gasteiger partial charge in [-0.1, -0.05) is 13.3 Å². The highest BCUT2D eigenvalue weighted by molar-refractivity contribution is 4.89. The third-order valence-electron chi connectivity index (χ3n) is 5.49. The molecule has 1 saturated heterocycles. The largest absolute Gasteiger partial charge is 0.312 e. The Bertz CT molecular complexity index is 270. The zero-order chi connectivity index (χ0) is 12.5. The lowest BCUT2D eigenvalue weighted by Crippen LogP contribution is -2.54. The van der Waals surface area contributed by atoms with Crippen LogP contribution in [0.4, 0.5) is 0 Å². The molecule has 1 aliphatic heterocycles. The van der Waals surface area contributed by atoms with Gasteiger partial charge in [-0.05, 0) is 63.3 Å². The monoisotopic (exact) mass is 250 g/mol. The van der Waals surface area contributed by atoms with Crippen molar-refractivity contribution >= 4 is 0 Å². The minimum absolute atomic E-state index is 0.761. The molecule has 0 aromatic carbocycles. The Labute approximate surface area is 113 Å². The van der Waals surface area contributed by atoms with E-state index in [1.165, 1.54) is 58.2 Å². The average molecular weight is 250 g/mol. The molecule has 3 atom stereocenters. The van der Waals surface area contributed by atoms with E-state index in [9.17, 15) is 0 Å². The fourth-order valence-corrected chi connectivity index (χ4v) is 3.75. The Morgan fingerprint density at radius 1 is 1.17 bits per heavy atom. The Balaban J connectivity index is 1.49.